The van der Waals surface area contributed by atoms with Crippen molar-refractivity contribution in [2.24, 2.45) is 16.6 Å². The Labute approximate surface area is 144 Å². The average Bonchev–Trinajstić information content (AvgIpc) is 2.49. The Morgan fingerprint density at radius 2 is 1.85 bits per heavy atom. The van der Waals surface area contributed by atoms with Crippen molar-refractivity contribution >= 4 is 41.7 Å². The summed E-state index contributed by atoms with van der Waals surface area (Å²) < 4.78 is 0. The van der Waals surface area contributed by atoms with Crippen molar-refractivity contribution in [3.8, 4) is 0 Å². The van der Waals surface area contributed by atoms with Crippen molar-refractivity contribution in [1.82, 2.24) is 9.80 Å². The highest BCUT2D eigenvalue weighted by molar-refractivity contribution is 14.0. The van der Waals surface area contributed by atoms with Crippen LogP contribution in [0.4, 0.5) is 0 Å². The van der Waals surface area contributed by atoms with Crippen LogP contribution in [0.1, 0.15) is 26.2 Å². The molecule has 20 heavy (non-hydrogen) atoms. The smallest absolute Gasteiger partial charge is 0.191 e. The quantitative estimate of drug-likeness (QED) is 0.437. The van der Waals surface area contributed by atoms with Crippen LogP contribution in [-0.4, -0.2) is 66.5 Å². The largest absolute Gasteiger partial charge is 0.370 e. The number of hydrogen-bond acceptors (Lipinski definition) is 3. The van der Waals surface area contributed by atoms with Crippen LogP contribution in [0.15, 0.2) is 4.99 Å². The van der Waals surface area contributed by atoms with E-state index in [9.17, 15) is 0 Å². The van der Waals surface area contributed by atoms with Gasteiger partial charge < -0.3 is 15.5 Å². The van der Waals surface area contributed by atoms with Crippen LogP contribution >= 0.6 is 35.7 Å². The molecule has 118 valence electrons. The van der Waals surface area contributed by atoms with Crippen molar-refractivity contribution in [3.05, 3.63) is 0 Å². The molecular weight excluding hydrogens is 383 g/mol. The molecule has 2 rings (SSSR count). The molecule has 2 heterocycles. The Bertz CT molecular complexity index is 287. The molecule has 0 aliphatic carbocycles. The summed E-state index contributed by atoms with van der Waals surface area (Å²) in [4.78, 5) is 9.35. The van der Waals surface area contributed by atoms with Gasteiger partial charge in [0.2, 0.25) is 0 Å². The minimum Gasteiger partial charge on any atom is -0.370 e. The summed E-state index contributed by atoms with van der Waals surface area (Å²) in [5.41, 5.74) is 6.07. The third-order valence-corrected chi connectivity index (χ3v) is 5.24. The number of nitrogens with zero attached hydrogens (tertiary/aromatic N) is 3. The fourth-order valence-electron chi connectivity index (χ4n) is 2.85. The number of guanidine groups is 1. The van der Waals surface area contributed by atoms with E-state index in [1.165, 1.54) is 50.4 Å². The van der Waals surface area contributed by atoms with E-state index in [0.29, 0.717) is 0 Å². The van der Waals surface area contributed by atoms with Gasteiger partial charge in [0.15, 0.2) is 5.96 Å². The highest BCUT2D eigenvalue weighted by Gasteiger charge is 2.17. The molecule has 2 saturated heterocycles. The van der Waals surface area contributed by atoms with E-state index < -0.39 is 0 Å². The first-order valence-electron chi connectivity index (χ1n) is 7.64. The standard InChI is InChI=1S/C14H28N4S.HI/c1-2-17-7-4-13(5-8-17)3-6-16-14(15)18-9-11-19-12-10-18;/h13H,2-12H2,1H3,(H2,15,16);1H. The predicted molar refractivity (Wildman–Crippen MR) is 100 cm³/mol. The second-order valence-electron chi connectivity index (χ2n) is 5.51. The molecule has 0 unspecified atom stereocenters. The summed E-state index contributed by atoms with van der Waals surface area (Å²) in [6, 6.07) is 0. The summed E-state index contributed by atoms with van der Waals surface area (Å²) in [7, 11) is 0. The maximum Gasteiger partial charge on any atom is 0.191 e. The van der Waals surface area contributed by atoms with Crippen LogP contribution < -0.4 is 5.73 Å². The molecule has 0 aromatic heterocycles. The number of thioether (sulfide) groups is 1. The normalized spacial score (nSPS) is 22.6. The first-order chi connectivity index (χ1) is 9.29. The minimum absolute atomic E-state index is 0. The number of piperidine rings is 1. The summed E-state index contributed by atoms with van der Waals surface area (Å²) in [5, 5.41) is 0. The SMILES string of the molecule is CCN1CCC(CCN=C(N)N2CCSCC2)CC1.I. The second kappa shape index (κ2) is 10.1. The fraction of sp³-hybridized carbons (Fsp3) is 0.929. The maximum atomic E-state index is 6.07. The van der Waals surface area contributed by atoms with E-state index >= 15 is 0 Å². The third kappa shape index (κ3) is 5.97. The molecule has 0 atom stereocenters. The van der Waals surface area contributed by atoms with Gasteiger partial charge >= 0.3 is 0 Å². The molecule has 0 spiro atoms. The first kappa shape index (κ1) is 18.4. The number of aliphatic imine (C=N–C) groups is 1. The number of halogens is 1. The molecular formula is C14H29IN4S. The van der Waals surface area contributed by atoms with Gasteiger partial charge in [-0.2, -0.15) is 11.8 Å². The Morgan fingerprint density at radius 3 is 2.45 bits per heavy atom. The molecule has 0 aromatic rings. The van der Waals surface area contributed by atoms with Gasteiger partial charge in [-0.3, -0.25) is 4.99 Å². The van der Waals surface area contributed by atoms with Crippen molar-refractivity contribution in [2.75, 3.05) is 50.8 Å². The lowest BCUT2D eigenvalue weighted by atomic mass is 9.94. The van der Waals surface area contributed by atoms with Crippen molar-refractivity contribution in [1.29, 1.82) is 0 Å². The maximum absolute atomic E-state index is 6.07. The molecule has 0 saturated carbocycles. The lowest BCUT2D eigenvalue weighted by molar-refractivity contribution is 0.188. The molecule has 2 N–H and O–H groups in total. The zero-order valence-corrected chi connectivity index (χ0v) is 15.7. The van der Waals surface area contributed by atoms with E-state index in [2.05, 4.69) is 21.7 Å². The lowest BCUT2D eigenvalue weighted by Crippen LogP contribution is -2.42. The summed E-state index contributed by atoms with van der Waals surface area (Å²) in [5.74, 6) is 4.00. The molecule has 0 aromatic carbocycles. The van der Waals surface area contributed by atoms with Gasteiger partial charge in [-0.1, -0.05) is 6.92 Å². The fourth-order valence-corrected chi connectivity index (χ4v) is 3.75. The van der Waals surface area contributed by atoms with E-state index in [-0.39, 0.29) is 24.0 Å². The van der Waals surface area contributed by atoms with Crippen LogP contribution in [-0.2, 0) is 0 Å². The molecule has 0 radical (unpaired) electrons. The molecule has 2 aliphatic rings. The number of nitrogens with two attached hydrogens (primary N) is 1. The van der Waals surface area contributed by atoms with Crippen LogP contribution in [0.3, 0.4) is 0 Å². The second-order valence-corrected chi connectivity index (χ2v) is 6.73. The van der Waals surface area contributed by atoms with Gasteiger partial charge in [-0.15, -0.1) is 24.0 Å². The summed E-state index contributed by atoms with van der Waals surface area (Å²) >= 11 is 2.01. The first-order valence-corrected chi connectivity index (χ1v) is 8.80. The Balaban J connectivity index is 0.00000200. The van der Waals surface area contributed by atoms with Gasteiger partial charge in [0.05, 0.1) is 0 Å². The van der Waals surface area contributed by atoms with Crippen LogP contribution in [0, 0.1) is 5.92 Å². The Hall–Kier alpha value is 0.310. The van der Waals surface area contributed by atoms with Crippen LogP contribution in [0.2, 0.25) is 0 Å². The number of rotatable bonds is 4. The summed E-state index contributed by atoms with van der Waals surface area (Å²) in [6.07, 6.45) is 3.88. The van der Waals surface area contributed by atoms with E-state index in [4.69, 9.17) is 5.73 Å². The highest BCUT2D eigenvalue weighted by Crippen LogP contribution is 2.20. The number of hydrogen-bond donors (Lipinski definition) is 1. The highest BCUT2D eigenvalue weighted by atomic mass is 127. The zero-order valence-electron chi connectivity index (χ0n) is 12.6. The molecule has 2 aliphatic heterocycles. The topological polar surface area (TPSA) is 44.9 Å². The number of likely N-dealkylation sites (tertiary alicyclic amines) is 1. The van der Waals surface area contributed by atoms with Crippen molar-refractivity contribution in [2.45, 2.75) is 26.2 Å². The molecule has 4 nitrogen and oxygen atoms in total. The molecule has 0 bridgehead atoms. The van der Waals surface area contributed by atoms with Crippen molar-refractivity contribution in [3.63, 3.8) is 0 Å². The minimum atomic E-state index is 0. The van der Waals surface area contributed by atoms with E-state index in [0.717, 1.165) is 31.5 Å². The third-order valence-electron chi connectivity index (χ3n) is 4.30. The van der Waals surface area contributed by atoms with Gasteiger partial charge in [-0.05, 0) is 44.8 Å². The van der Waals surface area contributed by atoms with E-state index in [1.54, 1.807) is 0 Å². The summed E-state index contributed by atoms with van der Waals surface area (Å²) in [6.45, 7) is 9.02. The lowest BCUT2D eigenvalue weighted by Gasteiger charge is -2.31. The monoisotopic (exact) mass is 412 g/mol. The van der Waals surface area contributed by atoms with Gasteiger partial charge in [0.25, 0.3) is 0 Å². The van der Waals surface area contributed by atoms with Gasteiger partial charge in [-0.25, -0.2) is 0 Å². The zero-order chi connectivity index (χ0) is 13.5. The van der Waals surface area contributed by atoms with Crippen molar-refractivity contribution < 1.29 is 0 Å². The Kier molecular flexibility index (Phi) is 9.28. The Morgan fingerprint density at radius 1 is 1.20 bits per heavy atom. The van der Waals surface area contributed by atoms with E-state index in [1.807, 2.05) is 11.8 Å². The van der Waals surface area contributed by atoms with Gasteiger partial charge in [0.1, 0.15) is 0 Å². The molecule has 2 fully saturated rings. The average molecular weight is 412 g/mol. The predicted octanol–water partition coefficient (Wildman–Crippen LogP) is 2.09. The van der Waals surface area contributed by atoms with Crippen LogP contribution in [0.25, 0.3) is 0 Å². The molecule has 6 heteroatoms. The van der Waals surface area contributed by atoms with Crippen LogP contribution in [0.5, 0.6) is 0 Å². The molecule has 0 amide bonds. The van der Waals surface area contributed by atoms with Gasteiger partial charge in [0, 0.05) is 31.1 Å².